The maximum Gasteiger partial charge on any atom is 0.0558 e. The molecule has 1 aliphatic heterocycles. The molecule has 0 aromatic carbocycles. The SMILES string of the molecule is CC(CC1CCCCN1)N(CCO)C1CCCCC1. The molecular formula is C16H32N2O. The van der Waals surface area contributed by atoms with Gasteiger partial charge in [0.15, 0.2) is 0 Å². The van der Waals surface area contributed by atoms with Crippen molar-refractivity contribution in [2.45, 2.75) is 82.8 Å². The van der Waals surface area contributed by atoms with Gasteiger partial charge in [-0.3, -0.25) is 4.90 Å². The minimum atomic E-state index is 0.304. The van der Waals surface area contributed by atoms with Crippen molar-refractivity contribution >= 4 is 0 Å². The zero-order valence-electron chi connectivity index (χ0n) is 12.6. The summed E-state index contributed by atoms with van der Waals surface area (Å²) in [6.45, 7) is 4.72. The van der Waals surface area contributed by atoms with Gasteiger partial charge in [0.2, 0.25) is 0 Å². The van der Waals surface area contributed by atoms with E-state index in [1.807, 2.05) is 0 Å². The second-order valence-electron chi connectivity index (χ2n) is 6.48. The molecule has 1 aliphatic carbocycles. The van der Waals surface area contributed by atoms with Gasteiger partial charge < -0.3 is 10.4 Å². The highest BCUT2D eigenvalue weighted by Crippen LogP contribution is 2.26. The van der Waals surface area contributed by atoms with E-state index >= 15 is 0 Å². The van der Waals surface area contributed by atoms with Gasteiger partial charge in [-0.1, -0.05) is 25.7 Å². The molecule has 0 radical (unpaired) electrons. The lowest BCUT2D eigenvalue weighted by Crippen LogP contribution is -2.47. The summed E-state index contributed by atoms with van der Waals surface area (Å²) in [5.41, 5.74) is 0. The van der Waals surface area contributed by atoms with Crippen LogP contribution in [-0.4, -0.2) is 47.8 Å². The number of rotatable bonds is 6. The normalized spacial score (nSPS) is 27.6. The van der Waals surface area contributed by atoms with Crippen LogP contribution in [0.1, 0.15) is 64.7 Å². The zero-order valence-corrected chi connectivity index (χ0v) is 12.6. The van der Waals surface area contributed by atoms with Gasteiger partial charge in [0.1, 0.15) is 0 Å². The predicted molar refractivity (Wildman–Crippen MR) is 80.4 cm³/mol. The lowest BCUT2D eigenvalue weighted by molar-refractivity contribution is 0.0768. The molecule has 0 amide bonds. The van der Waals surface area contributed by atoms with E-state index in [1.54, 1.807) is 0 Å². The van der Waals surface area contributed by atoms with Crippen LogP contribution in [0.3, 0.4) is 0 Å². The van der Waals surface area contributed by atoms with Gasteiger partial charge in [-0.05, 0) is 45.6 Å². The van der Waals surface area contributed by atoms with E-state index in [0.29, 0.717) is 18.7 Å². The highest BCUT2D eigenvalue weighted by atomic mass is 16.3. The number of aliphatic hydroxyl groups excluding tert-OH is 1. The third-order valence-electron chi connectivity index (χ3n) is 5.01. The van der Waals surface area contributed by atoms with Crippen molar-refractivity contribution in [1.29, 1.82) is 0 Å². The molecule has 2 atom stereocenters. The quantitative estimate of drug-likeness (QED) is 0.777. The summed E-state index contributed by atoms with van der Waals surface area (Å²) in [6.07, 6.45) is 12.1. The van der Waals surface area contributed by atoms with Crippen LogP contribution in [0.4, 0.5) is 0 Å². The van der Waals surface area contributed by atoms with Crippen LogP contribution in [0.5, 0.6) is 0 Å². The third kappa shape index (κ3) is 4.73. The van der Waals surface area contributed by atoms with Crippen LogP contribution in [0.25, 0.3) is 0 Å². The van der Waals surface area contributed by atoms with Gasteiger partial charge in [0.05, 0.1) is 6.61 Å². The Kier molecular flexibility index (Phi) is 6.62. The lowest BCUT2D eigenvalue weighted by atomic mass is 9.91. The highest BCUT2D eigenvalue weighted by Gasteiger charge is 2.26. The molecular weight excluding hydrogens is 236 g/mol. The highest BCUT2D eigenvalue weighted by molar-refractivity contribution is 4.83. The number of aliphatic hydroxyl groups is 1. The van der Waals surface area contributed by atoms with Crippen LogP contribution >= 0.6 is 0 Å². The minimum Gasteiger partial charge on any atom is -0.395 e. The van der Waals surface area contributed by atoms with E-state index < -0.39 is 0 Å². The summed E-state index contributed by atoms with van der Waals surface area (Å²) in [6, 6.07) is 2.03. The summed E-state index contributed by atoms with van der Waals surface area (Å²) in [5, 5.41) is 13.0. The van der Waals surface area contributed by atoms with E-state index in [-0.39, 0.29) is 0 Å². The third-order valence-corrected chi connectivity index (χ3v) is 5.01. The van der Waals surface area contributed by atoms with Crippen molar-refractivity contribution in [3.63, 3.8) is 0 Å². The first-order chi connectivity index (χ1) is 9.31. The Morgan fingerprint density at radius 1 is 1.11 bits per heavy atom. The van der Waals surface area contributed by atoms with Gasteiger partial charge in [-0.15, -0.1) is 0 Å². The molecule has 2 fully saturated rings. The molecule has 0 bridgehead atoms. The Morgan fingerprint density at radius 2 is 1.84 bits per heavy atom. The van der Waals surface area contributed by atoms with Crippen molar-refractivity contribution in [3.05, 3.63) is 0 Å². The Labute approximate surface area is 118 Å². The maximum atomic E-state index is 9.36. The first-order valence-electron chi connectivity index (χ1n) is 8.41. The summed E-state index contributed by atoms with van der Waals surface area (Å²) in [4.78, 5) is 2.59. The molecule has 2 rings (SSSR count). The molecule has 3 nitrogen and oxygen atoms in total. The van der Waals surface area contributed by atoms with E-state index in [4.69, 9.17) is 0 Å². The molecule has 0 spiro atoms. The fourth-order valence-corrected chi connectivity index (χ4v) is 3.96. The number of piperidine rings is 1. The lowest BCUT2D eigenvalue weighted by Gasteiger charge is -2.40. The molecule has 2 aliphatic rings. The summed E-state index contributed by atoms with van der Waals surface area (Å²) < 4.78 is 0. The molecule has 1 saturated heterocycles. The molecule has 2 unspecified atom stereocenters. The van der Waals surface area contributed by atoms with E-state index in [1.165, 1.54) is 64.3 Å². The van der Waals surface area contributed by atoms with Gasteiger partial charge in [-0.25, -0.2) is 0 Å². The predicted octanol–water partition coefficient (Wildman–Crippen LogP) is 2.53. The van der Waals surface area contributed by atoms with Crippen molar-refractivity contribution in [2.24, 2.45) is 0 Å². The molecule has 3 heteroatoms. The number of hydrogen-bond acceptors (Lipinski definition) is 3. The molecule has 112 valence electrons. The van der Waals surface area contributed by atoms with Crippen LogP contribution in [-0.2, 0) is 0 Å². The molecule has 0 aromatic heterocycles. The molecule has 1 heterocycles. The van der Waals surface area contributed by atoms with E-state index in [2.05, 4.69) is 17.1 Å². The van der Waals surface area contributed by atoms with Gasteiger partial charge >= 0.3 is 0 Å². The largest absolute Gasteiger partial charge is 0.395 e. The molecule has 1 saturated carbocycles. The first kappa shape index (κ1) is 15.3. The summed E-state index contributed by atoms with van der Waals surface area (Å²) >= 11 is 0. The summed E-state index contributed by atoms with van der Waals surface area (Å²) in [5.74, 6) is 0. The number of nitrogens with one attached hydrogen (secondary N) is 1. The van der Waals surface area contributed by atoms with Crippen molar-refractivity contribution in [3.8, 4) is 0 Å². The standard InChI is InChI=1S/C16H32N2O/c1-14(13-15-7-5-6-10-17-15)18(11-12-19)16-8-3-2-4-9-16/h14-17,19H,2-13H2,1H3. The topological polar surface area (TPSA) is 35.5 Å². The van der Waals surface area contributed by atoms with Crippen molar-refractivity contribution in [2.75, 3.05) is 19.7 Å². The molecule has 2 N–H and O–H groups in total. The van der Waals surface area contributed by atoms with Crippen LogP contribution in [0.15, 0.2) is 0 Å². The van der Waals surface area contributed by atoms with Crippen LogP contribution in [0, 0.1) is 0 Å². The van der Waals surface area contributed by atoms with Crippen LogP contribution in [0.2, 0.25) is 0 Å². The fourth-order valence-electron chi connectivity index (χ4n) is 3.96. The second-order valence-corrected chi connectivity index (χ2v) is 6.48. The van der Waals surface area contributed by atoms with Crippen molar-refractivity contribution in [1.82, 2.24) is 10.2 Å². The summed E-state index contributed by atoms with van der Waals surface area (Å²) in [7, 11) is 0. The average Bonchev–Trinajstić information content (AvgIpc) is 2.46. The Balaban J connectivity index is 1.85. The zero-order chi connectivity index (χ0) is 13.5. The minimum absolute atomic E-state index is 0.304. The van der Waals surface area contributed by atoms with E-state index in [0.717, 1.165) is 12.6 Å². The second kappa shape index (κ2) is 8.23. The number of hydrogen-bond donors (Lipinski definition) is 2. The Bertz CT molecular complexity index is 235. The first-order valence-corrected chi connectivity index (χ1v) is 8.41. The van der Waals surface area contributed by atoms with Crippen LogP contribution < -0.4 is 5.32 Å². The molecule has 0 aromatic rings. The van der Waals surface area contributed by atoms with Gasteiger partial charge in [0, 0.05) is 24.7 Å². The smallest absolute Gasteiger partial charge is 0.0558 e. The monoisotopic (exact) mass is 268 g/mol. The Hall–Kier alpha value is -0.120. The Morgan fingerprint density at radius 3 is 2.47 bits per heavy atom. The van der Waals surface area contributed by atoms with Gasteiger partial charge in [-0.2, -0.15) is 0 Å². The fraction of sp³-hybridized carbons (Fsp3) is 1.00. The van der Waals surface area contributed by atoms with Crippen molar-refractivity contribution < 1.29 is 5.11 Å². The maximum absolute atomic E-state index is 9.36. The van der Waals surface area contributed by atoms with E-state index in [9.17, 15) is 5.11 Å². The molecule has 19 heavy (non-hydrogen) atoms. The van der Waals surface area contributed by atoms with Gasteiger partial charge in [0.25, 0.3) is 0 Å². The average molecular weight is 268 g/mol. The number of nitrogens with zero attached hydrogens (tertiary/aromatic N) is 1.